The lowest BCUT2D eigenvalue weighted by atomic mass is 9.48. The minimum atomic E-state index is -0.523. The van der Waals surface area contributed by atoms with Crippen LogP contribution in [-0.4, -0.2) is 23.1 Å². The van der Waals surface area contributed by atoms with Gasteiger partial charge in [0.15, 0.2) is 0 Å². The Kier molecular flexibility index (Phi) is 4.41. The molecule has 0 aromatic heterocycles. The first-order valence-corrected chi connectivity index (χ1v) is 12.9. The lowest BCUT2D eigenvalue weighted by molar-refractivity contribution is -0.110. The number of fused-ring (bicyclic) bond motifs is 3. The molecule has 3 fully saturated rings. The number of rotatable bonds is 3. The van der Waals surface area contributed by atoms with Gasteiger partial charge in [-0.2, -0.15) is 0 Å². The summed E-state index contributed by atoms with van der Waals surface area (Å²) in [6, 6.07) is 17.7. The summed E-state index contributed by atoms with van der Waals surface area (Å²) in [6.07, 6.45) is 6.90. The third-order valence-electron chi connectivity index (χ3n) is 10.2. The van der Waals surface area contributed by atoms with Crippen LogP contribution in [0.5, 0.6) is 5.75 Å². The summed E-state index contributed by atoms with van der Waals surface area (Å²) in [7, 11) is 1.77. The zero-order valence-electron chi connectivity index (χ0n) is 18.9. The third-order valence-corrected chi connectivity index (χ3v) is 11.8. The largest absolute Gasteiger partial charge is 0.497 e. The molecule has 4 aliphatic carbocycles. The van der Waals surface area contributed by atoms with Gasteiger partial charge in [0.1, 0.15) is 5.75 Å². The fraction of sp³-hybridized carbons (Fsp3) is 0.571. The zero-order chi connectivity index (χ0) is 21.4. The Hall–Kier alpha value is -1.45. The summed E-state index contributed by atoms with van der Waals surface area (Å²) in [5, 5.41) is 12.6. The Bertz CT molecular complexity index is 1010. The van der Waals surface area contributed by atoms with Crippen LogP contribution in [0.15, 0.2) is 53.4 Å². The molecule has 2 aromatic carbocycles. The third kappa shape index (κ3) is 2.40. The molecule has 0 heterocycles. The lowest BCUT2D eigenvalue weighted by Crippen LogP contribution is -2.54. The number of thioether (sulfide) groups is 1. The molecule has 7 atom stereocenters. The molecule has 31 heavy (non-hydrogen) atoms. The molecule has 2 aromatic rings. The number of hydrogen-bond acceptors (Lipinski definition) is 3. The molecule has 2 nitrogen and oxygen atoms in total. The van der Waals surface area contributed by atoms with E-state index in [0.717, 1.165) is 25.0 Å². The average molecular weight is 435 g/mol. The summed E-state index contributed by atoms with van der Waals surface area (Å²) >= 11 is 2.06. The van der Waals surface area contributed by atoms with Crippen LogP contribution in [0.4, 0.5) is 0 Å². The SMILES string of the molecule is COc1ccc2c(c1)CC[C@@H]1[C@@H]2CC[C@@]2(C)[C@]13CC[C@@]2(O)[C@@H](C)[C@@H]3Sc1ccccc1. The molecule has 3 saturated carbocycles. The van der Waals surface area contributed by atoms with Crippen molar-refractivity contribution in [3.05, 3.63) is 59.7 Å². The fourth-order valence-electron chi connectivity index (χ4n) is 8.78. The first-order valence-electron chi connectivity index (χ1n) is 12.1. The summed E-state index contributed by atoms with van der Waals surface area (Å²) in [5.41, 5.74) is 2.77. The number of benzene rings is 2. The van der Waals surface area contributed by atoms with Crippen molar-refractivity contribution in [2.45, 2.75) is 74.0 Å². The van der Waals surface area contributed by atoms with Gasteiger partial charge >= 0.3 is 0 Å². The Morgan fingerprint density at radius 2 is 1.84 bits per heavy atom. The van der Waals surface area contributed by atoms with E-state index in [1.807, 2.05) is 0 Å². The number of methoxy groups -OCH3 is 1. The van der Waals surface area contributed by atoms with Gasteiger partial charge in [-0.3, -0.25) is 0 Å². The van der Waals surface area contributed by atoms with Gasteiger partial charge < -0.3 is 9.84 Å². The van der Waals surface area contributed by atoms with Gasteiger partial charge in [0.05, 0.1) is 12.7 Å². The molecule has 3 heteroatoms. The van der Waals surface area contributed by atoms with E-state index in [1.165, 1.54) is 29.7 Å². The van der Waals surface area contributed by atoms with Gasteiger partial charge in [0, 0.05) is 15.6 Å². The monoisotopic (exact) mass is 434 g/mol. The second-order valence-electron chi connectivity index (χ2n) is 10.8. The molecule has 1 N–H and O–H groups in total. The second kappa shape index (κ2) is 6.78. The van der Waals surface area contributed by atoms with Gasteiger partial charge in [-0.15, -0.1) is 11.8 Å². The molecule has 6 rings (SSSR count). The van der Waals surface area contributed by atoms with Gasteiger partial charge in [0.25, 0.3) is 0 Å². The maximum atomic E-state index is 12.1. The standard InChI is InChI=1S/C28H34O2S/c1-18-25(31-21-7-5-4-6-8-21)27-15-16-28(18,29)26(27,2)14-13-23-22-11-10-20(30-3)17-19(22)9-12-24(23)27/h4-8,10-11,17-18,23-25,29H,9,12-16H2,1-3H3/t18-,23+,24+,25-,26-,27+,28+/m0/s1. The molecule has 4 aliphatic rings. The molecule has 0 aliphatic heterocycles. The van der Waals surface area contributed by atoms with Gasteiger partial charge in [0.2, 0.25) is 0 Å². The van der Waals surface area contributed by atoms with Crippen molar-refractivity contribution in [2.75, 3.05) is 7.11 Å². The Labute approximate surface area is 190 Å². The summed E-state index contributed by atoms with van der Waals surface area (Å²) < 4.78 is 5.52. The number of hydrogen-bond donors (Lipinski definition) is 1. The minimum Gasteiger partial charge on any atom is -0.497 e. The second-order valence-corrected chi connectivity index (χ2v) is 12.0. The first-order chi connectivity index (χ1) is 14.9. The number of aliphatic hydroxyl groups is 1. The predicted molar refractivity (Wildman–Crippen MR) is 127 cm³/mol. The average Bonchev–Trinajstić information content (AvgIpc) is 3.12. The van der Waals surface area contributed by atoms with E-state index >= 15 is 0 Å². The summed E-state index contributed by atoms with van der Waals surface area (Å²) in [5.74, 6) is 2.59. The topological polar surface area (TPSA) is 29.5 Å². The maximum absolute atomic E-state index is 12.1. The van der Waals surface area contributed by atoms with E-state index in [0.29, 0.717) is 23.0 Å². The van der Waals surface area contributed by atoms with Crippen molar-refractivity contribution in [2.24, 2.45) is 22.7 Å². The predicted octanol–water partition coefficient (Wildman–Crippen LogP) is 6.46. The molecule has 0 amide bonds. The zero-order valence-corrected chi connectivity index (χ0v) is 19.8. The van der Waals surface area contributed by atoms with E-state index in [-0.39, 0.29) is 10.8 Å². The van der Waals surface area contributed by atoms with Crippen molar-refractivity contribution < 1.29 is 9.84 Å². The van der Waals surface area contributed by atoms with E-state index in [2.05, 4.69) is 74.1 Å². The van der Waals surface area contributed by atoms with Crippen LogP contribution in [0.3, 0.4) is 0 Å². The van der Waals surface area contributed by atoms with Crippen LogP contribution < -0.4 is 4.74 Å². The normalized spacial score (nSPS) is 42.6. The van der Waals surface area contributed by atoms with Crippen molar-refractivity contribution in [3.8, 4) is 5.75 Å². The van der Waals surface area contributed by atoms with Crippen LogP contribution in [0.2, 0.25) is 0 Å². The fourth-order valence-corrected chi connectivity index (χ4v) is 10.6. The highest BCUT2D eigenvalue weighted by molar-refractivity contribution is 8.00. The molecule has 164 valence electrons. The van der Waals surface area contributed by atoms with E-state index in [1.54, 1.807) is 12.7 Å². The molecular formula is C28H34O2S. The molecule has 0 unspecified atom stereocenters. The van der Waals surface area contributed by atoms with Gasteiger partial charge in [-0.1, -0.05) is 38.1 Å². The van der Waals surface area contributed by atoms with Crippen molar-refractivity contribution in [3.63, 3.8) is 0 Å². The van der Waals surface area contributed by atoms with Crippen molar-refractivity contribution in [1.29, 1.82) is 0 Å². The highest BCUT2D eigenvalue weighted by Gasteiger charge is 2.79. The molecule has 0 saturated heterocycles. The van der Waals surface area contributed by atoms with Crippen molar-refractivity contribution >= 4 is 11.8 Å². The van der Waals surface area contributed by atoms with Gasteiger partial charge in [-0.05, 0) is 97.1 Å². The van der Waals surface area contributed by atoms with Crippen LogP contribution in [0.1, 0.15) is 63.0 Å². The number of ether oxygens (including phenoxy) is 1. The molecule has 0 spiro atoms. The van der Waals surface area contributed by atoms with Crippen LogP contribution >= 0.6 is 11.8 Å². The molecular weight excluding hydrogens is 400 g/mol. The first kappa shape index (κ1) is 20.2. The molecule has 2 bridgehead atoms. The van der Waals surface area contributed by atoms with Crippen LogP contribution in [-0.2, 0) is 6.42 Å². The summed E-state index contributed by atoms with van der Waals surface area (Å²) in [6.45, 7) is 4.81. The minimum absolute atomic E-state index is 0.0248. The number of aryl methyl sites for hydroxylation is 1. The van der Waals surface area contributed by atoms with Crippen LogP contribution in [0.25, 0.3) is 0 Å². The smallest absolute Gasteiger partial charge is 0.119 e. The highest BCUT2D eigenvalue weighted by Crippen LogP contribution is 2.81. The van der Waals surface area contributed by atoms with E-state index < -0.39 is 5.60 Å². The Balaban J connectivity index is 1.46. The van der Waals surface area contributed by atoms with Gasteiger partial charge in [-0.25, -0.2) is 0 Å². The molecule has 0 radical (unpaired) electrons. The van der Waals surface area contributed by atoms with E-state index in [4.69, 9.17) is 4.74 Å². The Morgan fingerprint density at radius 3 is 2.61 bits per heavy atom. The van der Waals surface area contributed by atoms with Crippen molar-refractivity contribution in [1.82, 2.24) is 0 Å². The summed E-state index contributed by atoms with van der Waals surface area (Å²) in [4.78, 5) is 1.36. The quantitative estimate of drug-likeness (QED) is 0.601. The highest BCUT2D eigenvalue weighted by atomic mass is 32.2. The van der Waals surface area contributed by atoms with Crippen LogP contribution in [0, 0.1) is 22.7 Å². The van der Waals surface area contributed by atoms with E-state index in [9.17, 15) is 5.11 Å². The lowest BCUT2D eigenvalue weighted by Gasteiger charge is -2.58. The maximum Gasteiger partial charge on any atom is 0.119 e. The Morgan fingerprint density at radius 1 is 1.03 bits per heavy atom.